The number of hydrogen-bond donors (Lipinski definition) is 3. The van der Waals surface area contributed by atoms with E-state index in [1.807, 2.05) is 6.92 Å². The Kier molecular flexibility index (Phi) is 2.57. The Labute approximate surface area is 86.1 Å². The molecule has 0 spiro atoms. The van der Waals surface area contributed by atoms with Gasteiger partial charge in [0.2, 0.25) is 5.82 Å². The Morgan fingerprint density at radius 3 is 2.87 bits per heavy atom. The van der Waals surface area contributed by atoms with Crippen LogP contribution in [0.15, 0.2) is 9.59 Å². The standard InChI is InChI=1S/C9H14N4O2/c1-5(4-6-2-3-6)10-7-8(14)11-9(15)13-12-7/h5-6H,2-4H2,1H3,(H,10,12)(H2,11,13,14,15). The summed E-state index contributed by atoms with van der Waals surface area (Å²) in [6.07, 6.45) is 3.60. The van der Waals surface area contributed by atoms with Gasteiger partial charge in [0.1, 0.15) is 0 Å². The first kappa shape index (κ1) is 9.95. The third-order valence-corrected chi connectivity index (χ3v) is 2.48. The largest absolute Gasteiger partial charge is 0.362 e. The van der Waals surface area contributed by atoms with Gasteiger partial charge in [0.15, 0.2) is 0 Å². The second kappa shape index (κ2) is 3.88. The van der Waals surface area contributed by atoms with Gasteiger partial charge in [-0.05, 0) is 19.3 Å². The number of nitrogens with one attached hydrogen (secondary N) is 3. The third kappa shape index (κ3) is 2.68. The number of hydrogen-bond acceptors (Lipinski definition) is 4. The van der Waals surface area contributed by atoms with Crippen molar-refractivity contribution in [2.75, 3.05) is 5.32 Å². The monoisotopic (exact) mass is 210 g/mol. The fourth-order valence-electron chi connectivity index (χ4n) is 1.59. The maximum absolute atomic E-state index is 11.3. The highest BCUT2D eigenvalue weighted by Gasteiger charge is 2.23. The molecule has 0 radical (unpaired) electrons. The van der Waals surface area contributed by atoms with Crippen LogP contribution in [0.4, 0.5) is 5.82 Å². The normalized spacial score (nSPS) is 17.4. The summed E-state index contributed by atoms with van der Waals surface area (Å²) >= 11 is 0. The lowest BCUT2D eigenvalue weighted by Gasteiger charge is -2.12. The molecular weight excluding hydrogens is 196 g/mol. The fourth-order valence-corrected chi connectivity index (χ4v) is 1.59. The van der Waals surface area contributed by atoms with E-state index in [-0.39, 0.29) is 11.9 Å². The molecule has 2 rings (SSSR count). The van der Waals surface area contributed by atoms with Gasteiger partial charge in [-0.1, -0.05) is 12.8 Å². The van der Waals surface area contributed by atoms with Gasteiger partial charge in [0, 0.05) is 6.04 Å². The fraction of sp³-hybridized carbons (Fsp3) is 0.667. The number of nitrogens with zero attached hydrogens (tertiary/aromatic N) is 1. The molecule has 1 aromatic rings. The molecule has 1 heterocycles. The molecule has 1 aliphatic rings. The van der Waals surface area contributed by atoms with Crippen molar-refractivity contribution < 1.29 is 0 Å². The summed E-state index contributed by atoms with van der Waals surface area (Å²) in [5, 5.41) is 8.83. The summed E-state index contributed by atoms with van der Waals surface area (Å²) in [7, 11) is 0. The average Bonchev–Trinajstić information content (AvgIpc) is 2.94. The molecule has 0 bridgehead atoms. The number of anilines is 1. The maximum Gasteiger partial charge on any atom is 0.342 e. The van der Waals surface area contributed by atoms with Crippen LogP contribution in [0.25, 0.3) is 0 Å². The highest BCUT2D eigenvalue weighted by molar-refractivity contribution is 5.29. The molecule has 1 aromatic heterocycles. The van der Waals surface area contributed by atoms with Crippen LogP contribution in [-0.2, 0) is 0 Å². The molecule has 1 saturated carbocycles. The van der Waals surface area contributed by atoms with E-state index in [0.717, 1.165) is 12.3 Å². The Bertz CT molecular complexity index is 446. The van der Waals surface area contributed by atoms with Gasteiger partial charge in [0.05, 0.1) is 0 Å². The Morgan fingerprint density at radius 2 is 2.27 bits per heavy atom. The third-order valence-electron chi connectivity index (χ3n) is 2.48. The average molecular weight is 210 g/mol. The van der Waals surface area contributed by atoms with Gasteiger partial charge >= 0.3 is 5.69 Å². The van der Waals surface area contributed by atoms with Crippen molar-refractivity contribution in [2.24, 2.45) is 5.92 Å². The zero-order valence-corrected chi connectivity index (χ0v) is 8.54. The van der Waals surface area contributed by atoms with E-state index in [0.29, 0.717) is 0 Å². The van der Waals surface area contributed by atoms with Crippen molar-refractivity contribution in [2.45, 2.75) is 32.2 Å². The summed E-state index contributed by atoms with van der Waals surface area (Å²) in [4.78, 5) is 24.1. The summed E-state index contributed by atoms with van der Waals surface area (Å²) in [5.74, 6) is 0.970. The Morgan fingerprint density at radius 1 is 1.53 bits per heavy atom. The van der Waals surface area contributed by atoms with E-state index in [9.17, 15) is 9.59 Å². The van der Waals surface area contributed by atoms with Crippen molar-refractivity contribution in [3.63, 3.8) is 0 Å². The Hall–Kier alpha value is -1.59. The summed E-state index contributed by atoms with van der Waals surface area (Å²) in [6.45, 7) is 2.00. The topological polar surface area (TPSA) is 90.6 Å². The van der Waals surface area contributed by atoms with Crippen LogP contribution in [0.5, 0.6) is 0 Å². The van der Waals surface area contributed by atoms with Gasteiger partial charge in [0.25, 0.3) is 5.56 Å². The van der Waals surface area contributed by atoms with Crippen molar-refractivity contribution in [1.29, 1.82) is 0 Å². The number of rotatable bonds is 4. The van der Waals surface area contributed by atoms with Gasteiger partial charge in [-0.25, -0.2) is 9.89 Å². The molecule has 0 aromatic carbocycles. The van der Waals surface area contributed by atoms with Gasteiger partial charge in [-0.15, -0.1) is 5.10 Å². The first-order valence-electron chi connectivity index (χ1n) is 5.10. The van der Waals surface area contributed by atoms with E-state index in [1.165, 1.54) is 12.8 Å². The Balaban J connectivity index is 2.02. The zero-order chi connectivity index (χ0) is 10.8. The minimum atomic E-state index is -0.583. The summed E-state index contributed by atoms with van der Waals surface area (Å²) in [6, 6.07) is 0.206. The van der Waals surface area contributed by atoms with E-state index >= 15 is 0 Å². The van der Waals surface area contributed by atoms with Crippen LogP contribution in [-0.4, -0.2) is 21.2 Å². The van der Waals surface area contributed by atoms with Gasteiger partial charge < -0.3 is 5.32 Å². The molecule has 1 fully saturated rings. The number of H-pyrrole nitrogens is 2. The lowest BCUT2D eigenvalue weighted by Crippen LogP contribution is -2.29. The lowest BCUT2D eigenvalue weighted by molar-refractivity contribution is 0.636. The predicted octanol–water partition coefficient (Wildman–Crippen LogP) is 0.0587. The minimum absolute atomic E-state index is 0.183. The molecule has 3 N–H and O–H groups in total. The van der Waals surface area contributed by atoms with Crippen LogP contribution in [0, 0.1) is 5.92 Å². The SMILES string of the molecule is CC(CC1CC1)Nc1n[nH]c(=O)[nH]c1=O. The van der Waals surface area contributed by atoms with Crippen LogP contribution >= 0.6 is 0 Å². The van der Waals surface area contributed by atoms with Crippen molar-refractivity contribution >= 4 is 5.82 Å². The molecule has 6 nitrogen and oxygen atoms in total. The van der Waals surface area contributed by atoms with Crippen LogP contribution in [0.3, 0.4) is 0 Å². The molecule has 15 heavy (non-hydrogen) atoms. The van der Waals surface area contributed by atoms with Crippen LogP contribution < -0.4 is 16.6 Å². The highest BCUT2D eigenvalue weighted by atomic mass is 16.2. The van der Waals surface area contributed by atoms with Crippen LogP contribution in [0.1, 0.15) is 26.2 Å². The number of aromatic amines is 2. The van der Waals surface area contributed by atoms with Gasteiger partial charge in [-0.3, -0.25) is 9.78 Å². The van der Waals surface area contributed by atoms with Crippen LogP contribution in [0.2, 0.25) is 0 Å². The molecule has 1 aliphatic carbocycles. The molecular formula is C9H14N4O2. The molecule has 0 saturated heterocycles. The zero-order valence-electron chi connectivity index (χ0n) is 8.54. The van der Waals surface area contributed by atoms with Crippen molar-refractivity contribution in [3.8, 4) is 0 Å². The maximum atomic E-state index is 11.3. The summed E-state index contributed by atoms with van der Waals surface area (Å²) in [5.41, 5.74) is -1.05. The van der Waals surface area contributed by atoms with Crippen molar-refractivity contribution in [3.05, 3.63) is 20.8 Å². The summed E-state index contributed by atoms with van der Waals surface area (Å²) < 4.78 is 0. The molecule has 0 aliphatic heterocycles. The second-order valence-corrected chi connectivity index (χ2v) is 4.08. The quantitative estimate of drug-likeness (QED) is 0.655. The molecule has 1 unspecified atom stereocenters. The smallest absolute Gasteiger partial charge is 0.342 e. The predicted molar refractivity (Wildman–Crippen MR) is 55.9 cm³/mol. The highest BCUT2D eigenvalue weighted by Crippen LogP contribution is 2.33. The van der Waals surface area contributed by atoms with E-state index < -0.39 is 11.2 Å². The number of aromatic nitrogens is 3. The molecule has 82 valence electrons. The molecule has 6 heteroatoms. The molecule has 0 amide bonds. The van der Waals surface area contributed by atoms with E-state index in [4.69, 9.17) is 0 Å². The first-order chi connectivity index (χ1) is 7.15. The minimum Gasteiger partial charge on any atom is -0.362 e. The van der Waals surface area contributed by atoms with Crippen molar-refractivity contribution in [1.82, 2.24) is 15.2 Å². The van der Waals surface area contributed by atoms with E-state index in [1.54, 1.807) is 0 Å². The lowest BCUT2D eigenvalue weighted by atomic mass is 10.2. The van der Waals surface area contributed by atoms with E-state index in [2.05, 4.69) is 20.5 Å². The second-order valence-electron chi connectivity index (χ2n) is 4.08. The molecule has 1 atom stereocenters. The van der Waals surface area contributed by atoms with Gasteiger partial charge in [-0.2, -0.15) is 0 Å². The first-order valence-corrected chi connectivity index (χ1v) is 5.10.